The Labute approximate surface area is 103 Å². The van der Waals surface area contributed by atoms with Gasteiger partial charge in [0.2, 0.25) is 0 Å². The lowest BCUT2D eigenvalue weighted by Crippen LogP contribution is -2.11. The maximum atomic E-state index is 13.1. The minimum atomic E-state index is -0.982. The predicted molar refractivity (Wildman–Crippen MR) is 62.5 cm³/mol. The van der Waals surface area contributed by atoms with Gasteiger partial charge in [-0.2, -0.15) is 5.10 Å². The van der Waals surface area contributed by atoms with Gasteiger partial charge in [0.15, 0.2) is 5.82 Å². The van der Waals surface area contributed by atoms with Crippen LogP contribution in [0.4, 0.5) is 4.39 Å². The predicted octanol–water partition coefficient (Wildman–Crippen LogP) is 1.79. The number of benzene rings is 1. The molecular weight excluding hydrogens is 237 g/mol. The van der Waals surface area contributed by atoms with E-state index in [1.807, 2.05) is 0 Å². The molecule has 0 radical (unpaired) electrons. The van der Waals surface area contributed by atoms with Gasteiger partial charge in [-0.05, 0) is 37.6 Å². The molecule has 5 nitrogen and oxygen atoms in total. The van der Waals surface area contributed by atoms with Crippen LogP contribution in [0.15, 0.2) is 18.2 Å². The lowest BCUT2D eigenvalue weighted by atomic mass is 10.1. The molecule has 0 unspecified atom stereocenters. The largest absolute Gasteiger partial charge is 0.480 e. The highest BCUT2D eigenvalue weighted by Gasteiger charge is 2.11. The van der Waals surface area contributed by atoms with Crippen LogP contribution < -0.4 is 0 Å². The molecule has 0 atom stereocenters. The van der Waals surface area contributed by atoms with Crippen molar-refractivity contribution in [3.63, 3.8) is 0 Å². The number of aryl methyl sites for hydroxylation is 2. The molecule has 1 heterocycles. The molecular formula is C12H12FN3O2. The van der Waals surface area contributed by atoms with E-state index in [1.54, 1.807) is 26.0 Å². The first-order valence-corrected chi connectivity index (χ1v) is 5.37. The summed E-state index contributed by atoms with van der Waals surface area (Å²) >= 11 is 0. The molecule has 6 heteroatoms. The zero-order chi connectivity index (χ0) is 13.3. The number of aromatic nitrogens is 3. The molecule has 18 heavy (non-hydrogen) atoms. The number of nitrogens with zero attached hydrogens (tertiary/aromatic N) is 3. The van der Waals surface area contributed by atoms with Crippen molar-refractivity contribution in [3.8, 4) is 11.4 Å². The summed E-state index contributed by atoms with van der Waals surface area (Å²) in [6.45, 7) is 3.09. The molecule has 2 aromatic rings. The zero-order valence-electron chi connectivity index (χ0n) is 10.0. The lowest BCUT2D eigenvalue weighted by Gasteiger charge is -1.99. The summed E-state index contributed by atoms with van der Waals surface area (Å²) in [5.74, 6) is -0.364. The van der Waals surface area contributed by atoms with Gasteiger partial charge in [-0.1, -0.05) is 0 Å². The molecule has 0 saturated carbocycles. The van der Waals surface area contributed by atoms with E-state index < -0.39 is 5.97 Å². The van der Waals surface area contributed by atoms with E-state index in [4.69, 9.17) is 5.11 Å². The van der Waals surface area contributed by atoms with Gasteiger partial charge in [0.05, 0.1) is 0 Å². The molecule has 0 aliphatic heterocycles. The van der Waals surface area contributed by atoms with Gasteiger partial charge in [-0.3, -0.25) is 4.79 Å². The second-order valence-corrected chi connectivity index (χ2v) is 4.00. The van der Waals surface area contributed by atoms with Crippen molar-refractivity contribution >= 4 is 5.97 Å². The third kappa shape index (κ3) is 2.37. The number of halogens is 1. The summed E-state index contributed by atoms with van der Waals surface area (Å²) in [6.07, 6.45) is 0. The summed E-state index contributed by atoms with van der Waals surface area (Å²) in [5.41, 5.74) is 1.17. The zero-order valence-corrected chi connectivity index (χ0v) is 10.0. The van der Waals surface area contributed by atoms with Crippen LogP contribution in [-0.4, -0.2) is 25.8 Å². The minimum Gasteiger partial charge on any atom is -0.480 e. The monoisotopic (exact) mass is 249 g/mol. The average Bonchev–Trinajstić information content (AvgIpc) is 2.63. The van der Waals surface area contributed by atoms with Crippen molar-refractivity contribution in [1.29, 1.82) is 0 Å². The molecule has 0 aliphatic carbocycles. The van der Waals surface area contributed by atoms with E-state index in [0.717, 1.165) is 0 Å². The van der Waals surface area contributed by atoms with Gasteiger partial charge in [-0.15, -0.1) is 0 Å². The first kappa shape index (κ1) is 12.2. The molecule has 1 N–H and O–H groups in total. The second kappa shape index (κ2) is 4.56. The van der Waals surface area contributed by atoms with E-state index in [0.29, 0.717) is 22.8 Å². The normalized spacial score (nSPS) is 10.6. The summed E-state index contributed by atoms with van der Waals surface area (Å²) < 4.78 is 14.4. The molecule has 1 aromatic heterocycles. The number of carboxylic acid groups (broad SMARTS) is 1. The van der Waals surface area contributed by atoms with E-state index in [1.165, 1.54) is 10.7 Å². The number of rotatable bonds is 3. The molecule has 0 aliphatic rings. The van der Waals surface area contributed by atoms with Gasteiger partial charge in [0.1, 0.15) is 18.2 Å². The van der Waals surface area contributed by atoms with Crippen LogP contribution in [0.5, 0.6) is 0 Å². The van der Waals surface area contributed by atoms with Crippen LogP contribution in [0.1, 0.15) is 11.4 Å². The third-order valence-electron chi connectivity index (χ3n) is 2.56. The fraction of sp³-hybridized carbons (Fsp3) is 0.250. The molecule has 0 spiro atoms. The van der Waals surface area contributed by atoms with Crippen molar-refractivity contribution in [2.45, 2.75) is 20.4 Å². The maximum Gasteiger partial charge on any atom is 0.325 e. The Morgan fingerprint density at radius 3 is 2.78 bits per heavy atom. The van der Waals surface area contributed by atoms with Crippen molar-refractivity contribution in [1.82, 2.24) is 14.8 Å². The fourth-order valence-corrected chi connectivity index (χ4v) is 1.60. The molecule has 0 saturated heterocycles. The van der Waals surface area contributed by atoms with E-state index in [-0.39, 0.29) is 12.4 Å². The van der Waals surface area contributed by atoms with E-state index in [9.17, 15) is 9.18 Å². The standard InChI is InChI=1S/C12H12FN3O2/c1-7-5-9(3-4-10(7)13)12-14-8(2)16(15-12)6-11(17)18/h3-5H,6H2,1-2H3,(H,17,18). The average molecular weight is 249 g/mol. The second-order valence-electron chi connectivity index (χ2n) is 4.00. The maximum absolute atomic E-state index is 13.1. The van der Waals surface area contributed by atoms with Crippen LogP contribution in [0.2, 0.25) is 0 Å². The fourth-order valence-electron chi connectivity index (χ4n) is 1.60. The molecule has 2 rings (SSSR count). The Morgan fingerprint density at radius 2 is 2.17 bits per heavy atom. The van der Waals surface area contributed by atoms with Gasteiger partial charge in [0.25, 0.3) is 0 Å². The van der Waals surface area contributed by atoms with Crippen molar-refractivity contribution in [3.05, 3.63) is 35.4 Å². The summed E-state index contributed by atoms with van der Waals surface area (Å²) in [7, 11) is 0. The number of aliphatic carboxylic acids is 1. The smallest absolute Gasteiger partial charge is 0.325 e. The highest BCUT2D eigenvalue weighted by atomic mass is 19.1. The summed E-state index contributed by atoms with van der Waals surface area (Å²) in [4.78, 5) is 14.8. The summed E-state index contributed by atoms with van der Waals surface area (Å²) in [5, 5.41) is 12.8. The number of carbonyl (C=O) groups is 1. The van der Waals surface area contributed by atoms with Crippen molar-refractivity contribution in [2.24, 2.45) is 0 Å². The SMILES string of the molecule is Cc1cc(-c2nc(C)n(CC(=O)O)n2)ccc1F. The Kier molecular flexibility index (Phi) is 3.10. The Bertz CT molecular complexity index is 607. The Morgan fingerprint density at radius 1 is 1.44 bits per heavy atom. The minimum absolute atomic E-state index is 0.237. The highest BCUT2D eigenvalue weighted by Crippen LogP contribution is 2.18. The van der Waals surface area contributed by atoms with E-state index >= 15 is 0 Å². The van der Waals surface area contributed by atoms with Gasteiger partial charge in [-0.25, -0.2) is 14.1 Å². The third-order valence-corrected chi connectivity index (χ3v) is 2.56. The van der Waals surface area contributed by atoms with Crippen molar-refractivity contribution in [2.75, 3.05) is 0 Å². The van der Waals surface area contributed by atoms with Crippen LogP contribution in [0.3, 0.4) is 0 Å². The molecule has 94 valence electrons. The highest BCUT2D eigenvalue weighted by molar-refractivity contribution is 5.66. The Hall–Kier alpha value is -2.24. The Balaban J connectivity index is 2.39. The van der Waals surface area contributed by atoms with Crippen LogP contribution in [0, 0.1) is 19.7 Å². The topological polar surface area (TPSA) is 68.0 Å². The first-order chi connectivity index (χ1) is 8.47. The quantitative estimate of drug-likeness (QED) is 0.900. The number of hydrogen-bond acceptors (Lipinski definition) is 3. The number of hydrogen-bond donors (Lipinski definition) is 1. The lowest BCUT2D eigenvalue weighted by molar-refractivity contribution is -0.137. The molecule has 0 fully saturated rings. The van der Waals surface area contributed by atoms with Gasteiger partial charge >= 0.3 is 5.97 Å². The van der Waals surface area contributed by atoms with Crippen LogP contribution >= 0.6 is 0 Å². The van der Waals surface area contributed by atoms with Crippen molar-refractivity contribution < 1.29 is 14.3 Å². The molecule has 0 bridgehead atoms. The van der Waals surface area contributed by atoms with Gasteiger partial charge in [0, 0.05) is 5.56 Å². The van der Waals surface area contributed by atoms with Gasteiger partial charge < -0.3 is 5.11 Å². The van der Waals surface area contributed by atoms with Crippen LogP contribution in [-0.2, 0) is 11.3 Å². The number of carboxylic acids is 1. The van der Waals surface area contributed by atoms with E-state index in [2.05, 4.69) is 10.1 Å². The summed E-state index contributed by atoms with van der Waals surface area (Å²) in [6, 6.07) is 4.55. The van der Waals surface area contributed by atoms with Crippen LogP contribution in [0.25, 0.3) is 11.4 Å². The molecule has 0 amide bonds. The molecule has 1 aromatic carbocycles. The first-order valence-electron chi connectivity index (χ1n) is 5.37.